The number of nitrogens with one attached hydrogen (secondary N) is 1. The van der Waals surface area contributed by atoms with Crippen molar-refractivity contribution in [2.75, 3.05) is 5.32 Å². The van der Waals surface area contributed by atoms with Crippen LogP contribution < -0.4 is 10.1 Å². The summed E-state index contributed by atoms with van der Waals surface area (Å²) in [5, 5.41) is 3.86. The number of rotatable bonds is 5. The van der Waals surface area contributed by atoms with E-state index >= 15 is 0 Å². The Morgan fingerprint density at radius 1 is 1.15 bits per heavy atom. The van der Waals surface area contributed by atoms with Crippen LogP contribution in [-0.2, 0) is 11.2 Å². The van der Waals surface area contributed by atoms with Crippen LogP contribution in [0, 0.1) is 6.92 Å². The van der Waals surface area contributed by atoms with Crippen LogP contribution in [0.2, 0.25) is 0 Å². The van der Waals surface area contributed by atoms with E-state index in [0.717, 1.165) is 9.75 Å². The molecule has 26 heavy (non-hydrogen) atoms. The molecule has 0 aliphatic carbocycles. The van der Waals surface area contributed by atoms with Gasteiger partial charge in [0.15, 0.2) is 5.13 Å². The molecule has 0 aliphatic rings. The van der Waals surface area contributed by atoms with Gasteiger partial charge in [0.2, 0.25) is 5.91 Å². The first-order valence-corrected chi connectivity index (χ1v) is 8.95. The third kappa shape index (κ3) is 5.02. The number of carbonyl (C=O) groups is 1. The molecule has 2 heterocycles. The van der Waals surface area contributed by atoms with E-state index in [1.807, 2.05) is 6.92 Å². The standard InChI is InChI=1S/C16H12F3N3O2S2/c1-9-7-21-15(25-9)22-13(23)6-12-8-20-14(26-12)10-2-4-11(5-3-10)24-16(17,18)19/h2-5,7-8H,6H2,1H3,(H,21,22,23). The molecule has 0 atom stereocenters. The van der Waals surface area contributed by atoms with Gasteiger partial charge in [-0.2, -0.15) is 0 Å². The molecule has 0 bridgehead atoms. The number of thiazole rings is 2. The maximum Gasteiger partial charge on any atom is 0.573 e. The van der Waals surface area contributed by atoms with Gasteiger partial charge in [0.05, 0.1) is 6.42 Å². The molecule has 0 spiro atoms. The van der Waals surface area contributed by atoms with Gasteiger partial charge in [0.1, 0.15) is 10.8 Å². The lowest BCUT2D eigenvalue weighted by molar-refractivity contribution is -0.274. The first-order valence-electron chi connectivity index (χ1n) is 7.32. The Morgan fingerprint density at radius 2 is 1.88 bits per heavy atom. The number of aromatic nitrogens is 2. The summed E-state index contributed by atoms with van der Waals surface area (Å²) >= 11 is 2.68. The van der Waals surface area contributed by atoms with Crippen molar-refractivity contribution >= 4 is 33.7 Å². The highest BCUT2D eigenvalue weighted by molar-refractivity contribution is 7.16. The molecule has 1 aromatic carbocycles. The van der Waals surface area contributed by atoms with E-state index in [1.54, 1.807) is 12.4 Å². The molecule has 0 fully saturated rings. The Bertz CT molecular complexity index is 904. The molecule has 0 aliphatic heterocycles. The van der Waals surface area contributed by atoms with Gasteiger partial charge >= 0.3 is 6.36 Å². The van der Waals surface area contributed by atoms with Crippen LogP contribution in [0.25, 0.3) is 10.6 Å². The lowest BCUT2D eigenvalue weighted by atomic mass is 10.2. The fraction of sp³-hybridized carbons (Fsp3) is 0.188. The molecule has 0 saturated heterocycles. The van der Waals surface area contributed by atoms with Crippen LogP contribution in [-0.4, -0.2) is 22.2 Å². The molecule has 1 N–H and O–H groups in total. The fourth-order valence-electron chi connectivity index (χ4n) is 2.06. The van der Waals surface area contributed by atoms with E-state index in [0.29, 0.717) is 15.7 Å². The number of hydrogen-bond donors (Lipinski definition) is 1. The number of nitrogens with zero attached hydrogens (tertiary/aromatic N) is 2. The SMILES string of the molecule is Cc1cnc(NC(=O)Cc2cnc(-c3ccc(OC(F)(F)F)cc3)s2)s1. The molecule has 136 valence electrons. The van der Waals surface area contributed by atoms with Gasteiger partial charge in [-0.3, -0.25) is 4.79 Å². The predicted molar refractivity (Wildman–Crippen MR) is 93.4 cm³/mol. The second-order valence-electron chi connectivity index (χ2n) is 5.20. The Labute approximate surface area is 154 Å². The largest absolute Gasteiger partial charge is 0.573 e. The third-order valence-electron chi connectivity index (χ3n) is 3.09. The molecule has 3 aromatic rings. The van der Waals surface area contributed by atoms with Gasteiger partial charge in [-0.1, -0.05) is 0 Å². The second kappa shape index (κ2) is 7.42. The maximum atomic E-state index is 12.2. The zero-order valence-electron chi connectivity index (χ0n) is 13.3. The second-order valence-corrected chi connectivity index (χ2v) is 7.55. The Hall–Kier alpha value is -2.46. The normalized spacial score (nSPS) is 11.4. The quantitative estimate of drug-likeness (QED) is 0.678. The Balaban J connectivity index is 1.63. The van der Waals surface area contributed by atoms with Crippen LogP contribution in [0.1, 0.15) is 9.75 Å². The summed E-state index contributed by atoms with van der Waals surface area (Å²) in [4.78, 5) is 22.0. The summed E-state index contributed by atoms with van der Waals surface area (Å²) in [6, 6.07) is 5.42. The number of aryl methyl sites for hydroxylation is 1. The molecule has 2 aromatic heterocycles. The highest BCUT2D eigenvalue weighted by Crippen LogP contribution is 2.29. The number of alkyl halides is 3. The van der Waals surface area contributed by atoms with Gasteiger partial charge in [0.25, 0.3) is 0 Å². The minimum absolute atomic E-state index is 0.144. The van der Waals surface area contributed by atoms with Gasteiger partial charge in [0, 0.05) is 27.7 Å². The topological polar surface area (TPSA) is 64.1 Å². The lowest BCUT2D eigenvalue weighted by Gasteiger charge is -2.08. The van der Waals surface area contributed by atoms with Crippen LogP contribution in [0.3, 0.4) is 0 Å². The average Bonchev–Trinajstić information content (AvgIpc) is 3.16. The van der Waals surface area contributed by atoms with Crippen molar-refractivity contribution in [3.63, 3.8) is 0 Å². The zero-order valence-corrected chi connectivity index (χ0v) is 15.0. The van der Waals surface area contributed by atoms with Gasteiger partial charge < -0.3 is 10.1 Å². The van der Waals surface area contributed by atoms with E-state index in [-0.39, 0.29) is 18.1 Å². The van der Waals surface area contributed by atoms with Crippen molar-refractivity contribution in [3.05, 3.63) is 46.4 Å². The van der Waals surface area contributed by atoms with Crippen molar-refractivity contribution in [3.8, 4) is 16.3 Å². The highest BCUT2D eigenvalue weighted by Gasteiger charge is 2.31. The maximum absolute atomic E-state index is 12.2. The van der Waals surface area contributed by atoms with E-state index in [4.69, 9.17) is 0 Å². The van der Waals surface area contributed by atoms with Crippen molar-refractivity contribution in [1.82, 2.24) is 9.97 Å². The van der Waals surface area contributed by atoms with Crippen LogP contribution in [0.5, 0.6) is 5.75 Å². The smallest absolute Gasteiger partial charge is 0.406 e. The minimum atomic E-state index is -4.72. The van der Waals surface area contributed by atoms with Crippen molar-refractivity contribution in [2.24, 2.45) is 0 Å². The summed E-state index contributed by atoms with van der Waals surface area (Å²) in [6.07, 6.45) is -1.32. The first-order chi connectivity index (χ1) is 12.3. The molecule has 0 saturated carbocycles. The molecule has 0 radical (unpaired) electrons. The van der Waals surface area contributed by atoms with E-state index < -0.39 is 6.36 Å². The van der Waals surface area contributed by atoms with E-state index in [2.05, 4.69) is 20.0 Å². The Kier molecular flexibility index (Phi) is 5.23. The van der Waals surface area contributed by atoms with Crippen molar-refractivity contribution in [2.45, 2.75) is 19.7 Å². The molecule has 3 rings (SSSR count). The fourth-order valence-corrected chi connectivity index (χ4v) is 3.65. The van der Waals surface area contributed by atoms with Gasteiger partial charge in [-0.15, -0.1) is 35.8 Å². The van der Waals surface area contributed by atoms with Gasteiger partial charge in [-0.25, -0.2) is 9.97 Å². The van der Waals surface area contributed by atoms with Crippen molar-refractivity contribution < 1.29 is 22.7 Å². The minimum Gasteiger partial charge on any atom is -0.406 e. The van der Waals surface area contributed by atoms with Gasteiger partial charge in [-0.05, 0) is 31.2 Å². The van der Waals surface area contributed by atoms with Crippen LogP contribution >= 0.6 is 22.7 Å². The van der Waals surface area contributed by atoms with Crippen molar-refractivity contribution in [1.29, 1.82) is 0 Å². The summed E-state index contributed by atoms with van der Waals surface area (Å²) in [5.74, 6) is -0.500. The first kappa shape index (κ1) is 18.3. The Morgan fingerprint density at radius 3 is 2.50 bits per heavy atom. The number of ether oxygens (including phenoxy) is 1. The number of anilines is 1. The highest BCUT2D eigenvalue weighted by atomic mass is 32.1. The zero-order chi connectivity index (χ0) is 18.7. The summed E-state index contributed by atoms with van der Waals surface area (Å²) < 4.78 is 40.4. The number of carbonyl (C=O) groups excluding carboxylic acids is 1. The van der Waals surface area contributed by atoms with E-state index in [1.165, 1.54) is 46.9 Å². The molecule has 1 amide bonds. The molecular weight excluding hydrogens is 387 g/mol. The number of hydrogen-bond acceptors (Lipinski definition) is 6. The molecule has 5 nitrogen and oxygen atoms in total. The summed E-state index contributed by atoms with van der Waals surface area (Å²) in [5.41, 5.74) is 0.645. The van der Waals surface area contributed by atoms with Crippen LogP contribution in [0.15, 0.2) is 36.7 Å². The number of halogens is 3. The third-order valence-corrected chi connectivity index (χ3v) is 4.97. The lowest BCUT2D eigenvalue weighted by Crippen LogP contribution is -2.16. The molecule has 10 heteroatoms. The van der Waals surface area contributed by atoms with E-state index in [9.17, 15) is 18.0 Å². The monoisotopic (exact) mass is 399 g/mol. The average molecular weight is 399 g/mol. The summed E-state index contributed by atoms with van der Waals surface area (Å²) in [6.45, 7) is 1.90. The molecular formula is C16H12F3N3O2S2. The molecule has 0 unspecified atom stereocenters. The predicted octanol–water partition coefficient (Wildman–Crippen LogP) is 4.65. The number of amides is 1. The number of benzene rings is 1. The summed E-state index contributed by atoms with van der Waals surface area (Å²) in [7, 11) is 0. The van der Waals surface area contributed by atoms with Crippen LogP contribution in [0.4, 0.5) is 18.3 Å².